The van der Waals surface area contributed by atoms with Crippen LogP contribution in [0.4, 0.5) is 0 Å². The average molecular weight is 474 g/mol. The number of hydrogen-bond acceptors (Lipinski definition) is 15. The SMILES string of the molecule is NC1=N[C@H]2[C@H](COC([O-])=NS(=O)(=O)O)N=C(N)N3C[C@H](OS(=O)(=O)O)C(O)(O)[C@]23N1. The molecule has 1 spiro atoms. The van der Waals surface area contributed by atoms with Crippen LogP contribution in [0.25, 0.3) is 0 Å². The van der Waals surface area contributed by atoms with Gasteiger partial charge in [0.2, 0.25) is 5.79 Å². The number of aliphatic imine (C=N–C) groups is 2. The van der Waals surface area contributed by atoms with Crippen molar-refractivity contribution in [3.8, 4) is 0 Å². The van der Waals surface area contributed by atoms with Crippen molar-refractivity contribution in [2.45, 2.75) is 29.6 Å². The van der Waals surface area contributed by atoms with E-state index in [2.05, 4.69) is 28.6 Å². The first kappa shape index (κ1) is 22.2. The predicted molar refractivity (Wildman–Crippen MR) is 91.9 cm³/mol. The van der Waals surface area contributed by atoms with E-state index in [1.54, 1.807) is 0 Å². The molecule has 9 N–H and O–H groups in total. The number of nitrogens with one attached hydrogen (secondary N) is 1. The van der Waals surface area contributed by atoms with Gasteiger partial charge in [0.25, 0.3) is 0 Å². The van der Waals surface area contributed by atoms with Crippen molar-refractivity contribution in [3.63, 3.8) is 0 Å². The third-order valence-corrected chi connectivity index (χ3v) is 5.41. The molecule has 0 aromatic rings. The molecular formula is C10H16N7O11S2-. The summed E-state index contributed by atoms with van der Waals surface area (Å²) in [6.45, 7) is -1.35. The summed E-state index contributed by atoms with van der Waals surface area (Å²) in [6.07, 6.45) is -3.68. The van der Waals surface area contributed by atoms with Crippen LogP contribution in [-0.4, -0.2) is 102 Å². The largest absolute Gasteiger partial charge is 0.597 e. The summed E-state index contributed by atoms with van der Waals surface area (Å²) < 4.78 is 72.1. The monoisotopic (exact) mass is 474 g/mol. The van der Waals surface area contributed by atoms with Gasteiger partial charge in [0, 0.05) is 6.61 Å². The van der Waals surface area contributed by atoms with Gasteiger partial charge in [-0.05, 0) is 0 Å². The van der Waals surface area contributed by atoms with E-state index in [1.165, 1.54) is 0 Å². The van der Waals surface area contributed by atoms with E-state index in [1.807, 2.05) is 0 Å². The Labute approximate surface area is 168 Å². The molecule has 3 heterocycles. The van der Waals surface area contributed by atoms with Crippen molar-refractivity contribution in [3.05, 3.63) is 0 Å². The van der Waals surface area contributed by atoms with Crippen LogP contribution in [0.5, 0.6) is 0 Å². The molecule has 3 aliphatic heterocycles. The first-order chi connectivity index (χ1) is 13.6. The van der Waals surface area contributed by atoms with Crippen LogP contribution >= 0.6 is 0 Å². The number of hydrogen-bond donors (Lipinski definition) is 7. The maximum Gasteiger partial charge on any atom is 0.397 e. The molecule has 1 saturated heterocycles. The summed E-state index contributed by atoms with van der Waals surface area (Å²) in [5, 5.41) is 35.3. The fraction of sp³-hybridized carbons (Fsp3) is 0.700. The first-order valence-corrected chi connectivity index (χ1v) is 10.5. The highest BCUT2D eigenvalue weighted by Crippen LogP contribution is 2.45. The Bertz CT molecular complexity index is 1040. The van der Waals surface area contributed by atoms with E-state index in [0.29, 0.717) is 0 Å². The van der Waals surface area contributed by atoms with E-state index in [4.69, 9.17) is 20.6 Å². The van der Waals surface area contributed by atoms with Crippen LogP contribution in [0.2, 0.25) is 0 Å². The molecule has 170 valence electrons. The molecule has 0 aromatic carbocycles. The van der Waals surface area contributed by atoms with Crippen LogP contribution in [0, 0.1) is 0 Å². The Morgan fingerprint density at radius 3 is 2.50 bits per heavy atom. The van der Waals surface area contributed by atoms with E-state index < -0.39 is 75.5 Å². The van der Waals surface area contributed by atoms with Crippen molar-refractivity contribution in [1.82, 2.24) is 10.2 Å². The molecule has 0 amide bonds. The zero-order valence-corrected chi connectivity index (χ0v) is 16.2. The molecule has 30 heavy (non-hydrogen) atoms. The molecule has 1 fully saturated rings. The van der Waals surface area contributed by atoms with Crippen molar-refractivity contribution in [2.75, 3.05) is 13.2 Å². The van der Waals surface area contributed by atoms with Crippen molar-refractivity contribution in [1.29, 1.82) is 0 Å². The van der Waals surface area contributed by atoms with Gasteiger partial charge >= 0.3 is 20.7 Å². The molecule has 0 bridgehead atoms. The van der Waals surface area contributed by atoms with Gasteiger partial charge in [0.15, 0.2) is 29.8 Å². The second kappa shape index (κ2) is 6.76. The molecule has 0 aliphatic carbocycles. The summed E-state index contributed by atoms with van der Waals surface area (Å²) in [6, 6.07) is -2.67. The standard InChI is InChI=1S/C10H17N7O11S2/c11-6-14-5-3(2-27-8(18)16-29(21,22)23)13-7(12)17-1-4(28-30(24,25)26)10(19,20)9(5,17)15-6/h3-5,19-20H,1-2H2,(H2,12,13)(H,16,18)(H3,11,14,15)(H,21,22,23)(H,24,25,26)/p-1/t3-,4-,5-,9-/m0/s1. The van der Waals surface area contributed by atoms with Gasteiger partial charge in [-0.15, -0.1) is 4.40 Å². The molecule has 0 saturated carbocycles. The van der Waals surface area contributed by atoms with Gasteiger partial charge in [-0.25, -0.2) is 14.2 Å². The zero-order valence-electron chi connectivity index (χ0n) is 14.6. The number of nitrogens with two attached hydrogens (primary N) is 2. The minimum absolute atomic E-state index is 0.353. The number of aliphatic hydroxyl groups is 2. The van der Waals surface area contributed by atoms with E-state index in [-0.39, 0.29) is 5.96 Å². The van der Waals surface area contributed by atoms with Crippen LogP contribution in [0.15, 0.2) is 14.4 Å². The fourth-order valence-electron chi connectivity index (χ4n) is 3.56. The molecule has 0 unspecified atom stereocenters. The molecule has 4 atom stereocenters. The van der Waals surface area contributed by atoms with Gasteiger partial charge in [-0.3, -0.25) is 9.11 Å². The normalized spacial score (nSPS) is 33.3. The summed E-state index contributed by atoms with van der Waals surface area (Å²) in [4.78, 5) is 8.88. The summed E-state index contributed by atoms with van der Waals surface area (Å²) in [5.41, 5.74) is 9.30. The van der Waals surface area contributed by atoms with Crippen LogP contribution < -0.4 is 21.9 Å². The topological polar surface area (TPSA) is 295 Å². The lowest BCUT2D eigenvalue weighted by Gasteiger charge is -2.49. The highest BCUT2D eigenvalue weighted by molar-refractivity contribution is 7.84. The van der Waals surface area contributed by atoms with Gasteiger partial charge in [-0.2, -0.15) is 16.8 Å². The molecule has 0 aromatic heterocycles. The molecule has 20 heteroatoms. The maximum atomic E-state index is 11.4. The summed E-state index contributed by atoms with van der Waals surface area (Å²) in [5.74, 6) is -3.86. The van der Waals surface area contributed by atoms with Crippen molar-refractivity contribution in [2.24, 2.45) is 25.8 Å². The van der Waals surface area contributed by atoms with Crippen LogP contribution in [0.1, 0.15) is 0 Å². The number of nitrogens with zero attached hydrogens (tertiary/aromatic N) is 4. The van der Waals surface area contributed by atoms with Crippen LogP contribution in [-0.2, 0) is 29.6 Å². The molecular weight excluding hydrogens is 458 g/mol. The Kier molecular flexibility index (Phi) is 5.00. The summed E-state index contributed by atoms with van der Waals surface area (Å²) in [7, 11) is -10.2. The van der Waals surface area contributed by atoms with Gasteiger partial charge < -0.3 is 41.7 Å². The lowest BCUT2D eigenvalue weighted by atomic mass is 9.86. The van der Waals surface area contributed by atoms with E-state index in [9.17, 15) is 32.2 Å². The van der Waals surface area contributed by atoms with E-state index in [0.717, 1.165) is 4.90 Å². The molecule has 0 radical (unpaired) electrons. The lowest BCUT2D eigenvalue weighted by Crippen LogP contribution is -2.77. The van der Waals surface area contributed by atoms with Crippen molar-refractivity contribution < 1.29 is 50.2 Å². The summed E-state index contributed by atoms with van der Waals surface area (Å²) >= 11 is 0. The van der Waals surface area contributed by atoms with Gasteiger partial charge in [-0.1, -0.05) is 0 Å². The quantitative estimate of drug-likeness (QED) is 0.0842. The minimum atomic E-state index is -5.12. The molecule has 18 nitrogen and oxygen atoms in total. The Hall–Kier alpha value is -2.49. The third-order valence-electron chi connectivity index (χ3n) is 4.55. The maximum absolute atomic E-state index is 11.4. The predicted octanol–water partition coefficient (Wildman–Crippen LogP) is -6.61. The number of ether oxygens (including phenoxy) is 1. The number of rotatable bonds is 5. The third kappa shape index (κ3) is 3.68. The van der Waals surface area contributed by atoms with Gasteiger partial charge in [0.1, 0.15) is 6.04 Å². The van der Waals surface area contributed by atoms with Gasteiger partial charge in [0.05, 0.1) is 12.6 Å². The minimum Gasteiger partial charge on any atom is -0.597 e. The highest BCUT2D eigenvalue weighted by atomic mass is 32.3. The Morgan fingerprint density at radius 2 is 1.93 bits per heavy atom. The highest BCUT2D eigenvalue weighted by Gasteiger charge is 2.74. The Morgan fingerprint density at radius 1 is 1.30 bits per heavy atom. The second-order valence-corrected chi connectivity index (χ2v) is 8.50. The molecule has 3 rings (SSSR count). The number of guanidine groups is 2. The fourth-order valence-corrected chi connectivity index (χ4v) is 4.29. The van der Waals surface area contributed by atoms with E-state index >= 15 is 0 Å². The zero-order chi connectivity index (χ0) is 22.7. The van der Waals surface area contributed by atoms with Crippen molar-refractivity contribution >= 4 is 38.7 Å². The Balaban J connectivity index is 1.96. The van der Waals surface area contributed by atoms with Crippen LogP contribution in [0.3, 0.4) is 0 Å². The second-order valence-electron chi connectivity index (χ2n) is 6.37. The average Bonchev–Trinajstić information content (AvgIpc) is 2.99. The smallest absolute Gasteiger partial charge is 0.397 e. The lowest BCUT2D eigenvalue weighted by molar-refractivity contribution is -0.256. The molecule has 3 aliphatic rings. The first-order valence-electron chi connectivity index (χ1n) is 7.77.